The van der Waals surface area contributed by atoms with Crippen LogP contribution in [-0.4, -0.2) is 31.5 Å². The molecule has 1 aliphatic rings. The molecule has 8 heteroatoms. The number of carbonyl (C=O) groups excluding carboxylic acids is 1. The van der Waals surface area contributed by atoms with Crippen molar-refractivity contribution in [3.05, 3.63) is 120 Å². The first-order valence-electron chi connectivity index (χ1n) is 12.2. The lowest BCUT2D eigenvalue weighted by Gasteiger charge is -2.31. The summed E-state index contributed by atoms with van der Waals surface area (Å²) in [6, 6.07) is 25.9. The molecule has 2 amide bonds. The number of carbonyl (C=O) groups is 1. The first-order valence-corrected chi connectivity index (χ1v) is 13.4. The van der Waals surface area contributed by atoms with Crippen LogP contribution in [0.1, 0.15) is 34.3 Å². The highest BCUT2D eigenvalue weighted by Gasteiger charge is 2.36. The van der Waals surface area contributed by atoms with E-state index in [0.29, 0.717) is 18.8 Å². The molecule has 7 nitrogen and oxygen atoms in total. The lowest BCUT2D eigenvalue weighted by Crippen LogP contribution is -2.41. The molecule has 1 atom stereocenters. The summed E-state index contributed by atoms with van der Waals surface area (Å²) >= 11 is 1.70. The molecule has 0 fully saturated rings. The van der Waals surface area contributed by atoms with Crippen LogP contribution in [0.25, 0.3) is 11.5 Å². The van der Waals surface area contributed by atoms with Crippen molar-refractivity contribution in [3.8, 4) is 11.5 Å². The van der Waals surface area contributed by atoms with Gasteiger partial charge in [-0.2, -0.15) is 5.10 Å². The largest absolute Gasteiger partial charge is 0.467 e. The van der Waals surface area contributed by atoms with Gasteiger partial charge in [0.2, 0.25) is 0 Å². The molecule has 2 aromatic carbocycles. The standard InChI is InChI=1S/C29H27N5O2S/c1-20-25-19-33(29(35)30-18-23-10-7-17-36-23)27(21-12-14-24(37-2)15-13-21)26-11-6-16-32(26)28(25)34(31-20)22-8-4-3-5-9-22/h3-17,27H,18-19H2,1-2H3,(H,30,35)/t27-/m1/s1. The number of benzene rings is 2. The number of amides is 2. The maximum atomic E-state index is 13.8. The summed E-state index contributed by atoms with van der Waals surface area (Å²) in [5.41, 5.74) is 4.93. The average Bonchev–Trinajstić information content (AvgIpc) is 3.67. The molecule has 0 unspecified atom stereocenters. The van der Waals surface area contributed by atoms with E-state index >= 15 is 0 Å². The molecule has 0 radical (unpaired) electrons. The monoisotopic (exact) mass is 509 g/mol. The molecule has 6 rings (SSSR count). The van der Waals surface area contributed by atoms with E-state index in [1.165, 1.54) is 4.90 Å². The zero-order valence-corrected chi connectivity index (χ0v) is 21.5. The topological polar surface area (TPSA) is 68.2 Å². The van der Waals surface area contributed by atoms with E-state index in [0.717, 1.165) is 34.0 Å². The van der Waals surface area contributed by atoms with Gasteiger partial charge in [0, 0.05) is 16.7 Å². The number of furan rings is 1. The van der Waals surface area contributed by atoms with Gasteiger partial charge in [-0.1, -0.05) is 30.3 Å². The van der Waals surface area contributed by atoms with E-state index in [1.54, 1.807) is 18.0 Å². The highest BCUT2D eigenvalue weighted by Crippen LogP contribution is 2.38. The fourth-order valence-electron chi connectivity index (χ4n) is 4.96. The van der Waals surface area contributed by atoms with Gasteiger partial charge in [-0.15, -0.1) is 11.8 Å². The Morgan fingerprint density at radius 3 is 2.59 bits per heavy atom. The molecule has 0 bridgehead atoms. The third-order valence-corrected chi connectivity index (χ3v) is 7.52. The summed E-state index contributed by atoms with van der Waals surface area (Å²) in [4.78, 5) is 16.9. The maximum Gasteiger partial charge on any atom is 0.318 e. The predicted octanol–water partition coefficient (Wildman–Crippen LogP) is 6.10. The minimum absolute atomic E-state index is 0.164. The number of nitrogens with one attached hydrogen (secondary N) is 1. The van der Waals surface area contributed by atoms with E-state index in [2.05, 4.69) is 52.7 Å². The van der Waals surface area contributed by atoms with E-state index in [4.69, 9.17) is 9.52 Å². The number of hydrogen-bond acceptors (Lipinski definition) is 4. The van der Waals surface area contributed by atoms with Crippen LogP contribution in [0.15, 0.2) is 101 Å². The molecular weight excluding hydrogens is 482 g/mol. The minimum Gasteiger partial charge on any atom is -0.467 e. The number of thioether (sulfide) groups is 1. The van der Waals surface area contributed by atoms with Crippen LogP contribution in [0.5, 0.6) is 0 Å². The Morgan fingerprint density at radius 2 is 1.86 bits per heavy atom. The van der Waals surface area contributed by atoms with Gasteiger partial charge in [0.1, 0.15) is 11.6 Å². The zero-order valence-electron chi connectivity index (χ0n) is 20.7. The summed E-state index contributed by atoms with van der Waals surface area (Å²) in [6.45, 7) is 2.74. The van der Waals surface area contributed by atoms with Gasteiger partial charge in [-0.25, -0.2) is 9.48 Å². The number of aromatic nitrogens is 3. The molecule has 5 aromatic rings. The van der Waals surface area contributed by atoms with Crippen molar-refractivity contribution >= 4 is 17.8 Å². The Kier molecular flexibility index (Phi) is 6.10. The molecule has 0 aliphatic carbocycles. The molecule has 37 heavy (non-hydrogen) atoms. The molecule has 4 heterocycles. The summed E-state index contributed by atoms with van der Waals surface area (Å²) < 4.78 is 9.61. The molecule has 186 valence electrons. The number of aryl methyl sites for hydroxylation is 1. The van der Waals surface area contributed by atoms with Gasteiger partial charge in [0.15, 0.2) is 0 Å². The van der Waals surface area contributed by atoms with Crippen molar-refractivity contribution in [2.45, 2.75) is 31.0 Å². The summed E-state index contributed by atoms with van der Waals surface area (Å²) in [5.74, 6) is 1.66. The van der Waals surface area contributed by atoms with Gasteiger partial charge >= 0.3 is 6.03 Å². The Balaban J connectivity index is 1.49. The van der Waals surface area contributed by atoms with Crippen molar-refractivity contribution in [1.29, 1.82) is 0 Å². The SMILES string of the molecule is CSc1ccc([C@@H]2c3cccn3-c3c(c(C)nn3-c3ccccc3)CN2C(=O)NCc2ccco2)cc1. The number of rotatable bonds is 5. The summed E-state index contributed by atoms with van der Waals surface area (Å²) in [6.07, 6.45) is 5.74. The molecule has 1 aliphatic heterocycles. The molecule has 0 saturated carbocycles. The first-order chi connectivity index (χ1) is 18.1. The minimum atomic E-state index is -0.293. The molecule has 0 spiro atoms. The Hall–Kier alpha value is -4.17. The van der Waals surface area contributed by atoms with Crippen LogP contribution in [0.2, 0.25) is 0 Å². The van der Waals surface area contributed by atoms with Crippen LogP contribution in [0, 0.1) is 6.92 Å². The average molecular weight is 510 g/mol. The van der Waals surface area contributed by atoms with Crippen LogP contribution in [0.3, 0.4) is 0 Å². The number of hydrogen-bond donors (Lipinski definition) is 1. The van der Waals surface area contributed by atoms with E-state index < -0.39 is 0 Å². The normalized spacial score (nSPS) is 14.6. The Morgan fingerprint density at radius 1 is 1.05 bits per heavy atom. The Labute approximate surface area is 219 Å². The third kappa shape index (κ3) is 4.23. The number of urea groups is 1. The number of fused-ring (bicyclic) bond motifs is 3. The zero-order chi connectivity index (χ0) is 25.4. The van der Waals surface area contributed by atoms with Crippen molar-refractivity contribution < 1.29 is 9.21 Å². The molecular formula is C29H27N5O2S. The molecule has 3 aromatic heterocycles. The van der Waals surface area contributed by atoms with Crippen LogP contribution in [-0.2, 0) is 13.1 Å². The number of nitrogens with zero attached hydrogens (tertiary/aromatic N) is 4. The third-order valence-electron chi connectivity index (χ3n) is 6.77. The van der Waals surface area contributed by atoms with Crippen molar-refractivity contribution in [1.82, 2.24) is 24.6 Å². The van der Waals surface area contributed by atoms with Gasteiger partial charge in [0.05, 0.1) is 42.5 Å². The Bertz CT molecular complexity index is 1520. The second-order valence-corrected chi connectivity index (χ2v) is 9.86. The number of para-hydroxylation sites is 1. The van der Waals surface area contributed by atoms with E-state index in [9.17, 15) is 4.79 Å². The van der Waals surface area contributed by atoms with Crippen molar-refractivity contribution in [2.75, 3.05) is 6.26 Å². The predicted molar refractivity (Wildman–Crippen MR) is 144 cm³/mol. The van der Waals surface area contributed by atoms with Crippen LogP contribution in [0.4, 0.5) is 4.79 Å². The summed E-state index contributed by atoms with van der Waals surface area (Å²) in [7, 11) is 0. The smallest absolute Gasteiger partial charge is 0.318 e. The van der Waals surface area contributed by atoms with Gasteiger partial charge in [0.25, 0.3) is 0 Å². The van der Waals surface area contributed by atoms with Crippen molar-refractivity contribution in [3.63, 3.8) is 0 Å². The van der Waals surface area contributed by atoms with Gasteiger partial charge in [-0.3, -0.25) is 0 Å². The van der Waals surface area contributed by atoms with E-state index in [1.807, 2.05) is 65.0 Å². The fraction of sp³-hybridized carbons (Fsp3) is 0.172. The second kappa shape index (κ2) is 9.71. The van der Waals surface area contributed by atoms with Crippen LogP contribution < -0.4 is 5.32 Å². The lowest BCUT2D eigenvalue weighted by molar-refractivity contribution is 0.179. The highest BCUT2D eigenvalue weighted by atomic mass is 32.2. The van der Waals surface area contributed by atoms with Gasteiger partial charge in [-0.05, 0) is 67.3 Å². The molecule has 1 N–H and O–H groups in total. The maximum absolute atomic E-state index is 13.8. The molecule has 0 saturated heterocycles. The highest BCUT2D eigenvalue weighted by molar-refractivity contribution is 7.98. The lowest BCUT2D eigenvalue weighted by atomic mass is 10.0. The quantitative estimate of drug-likeness (QED) is 0.291. The van der Waals surface area contributed by atoms with Gasteiger partial charge < -0.3 is 19.2 Å². The first kappa shape index (κ1) is 23.2. The summed E-state index contributed by atoms with van der Waals surface area (Å²) in [5, 5.41) is 7.97. The van der Waals surface area contributed by atoms with Crippen molar-refractivity contribution in [2.24, 2.45) is 0 Å². The van der Waals surface area contributed by atoms with Crippen LogP contribution >= 0.6 is 11.8 Å². The fourth-order valence-corrected chi connectivity index (χ4v) is 5.37. The second-order valence-electron chi connectivity index (χ2n) is 8.98. The van der Waals surface area contributed by atoms with E-state index in [-0.39, 0.29) is 12.1 Å².